The molecule has 0 aliphatic rings. The topological polar surface area (TPSA) is 90.5 Å². The Kier molecular flexibility index (Phi) is 6.13. The van der Waals surface area contributed by atoms with Gasteiger partial charge < -0.3 is 5.32 Å². The minimum atomic E-state index is -0.379. The molecule has 0 aliphatic heterocycles. The number of tetrazole rings is 1. The zero-order valence-electron chi connectivity index (χ0n) is 16.7. The van der Waals surface area contributed by atoms with Gasteiger partial charge >= 0.3 is 0 Å². The Balaban J connectivity index is 1.75. The Labute approximate surface area is 168 Å². The normalized spacial score (nSPS) is 13.3. The molecule has 0 spiro atoms. The molecule has 1 aromatic carbocycles. The summed E-state index contributed by atoms with van der Waals surface area (Å²) in [4.78, 5) is 12.7. The first-order valence-electron chi connectivity index (χ1n) is 9.27. The average Bonchev–Trinajstić information content (AvgIpc) is 3.32. The van der Waals surface area contributed by atoms with Crippen LogP contribution in [0.2, 0.25) is 0 Å². The van der Waals surface area contributed by atoms with Crippen molar-refractivity contribution in [3.8, 4) is 5.69 Å². The van der Waals surface area contributed by atoms with E-state index in [2.05, 4.69) is 39.8 Å². The number of nitrogens with one attached hydrogen (secondary N) is 1. The van der Waals surface area contributed by atoms with E-state index in [0.717, 1.165) is 23.2 Å². The van der Waals surface area contributed by atoms with Gasteiger partial charge in [-0.3, -0.25) is 4.79 Å². The number of anilines is 1. The molecule has 2 atom stereocenters. The highest BCUT2D eigenvalue weighted by molar-refractivity contribution is 8.00. The Morgan fingerprint density at radius 2 is 2.04 bits per heavy atom. The molecule has 0 radical (unpaired) electrons. The van der Waals surface area contributed by atoms with Crippen LogP contribution in [0.5, 0.6) is 0 Å². The summed E-state index contributed by atoms with van der Waals surface area (Å²) in [5.74, 6) is 0.575. The molecule has 1 amide bonds. The summed E-state index contributed by atoms with van der Waals surface area (Å²) in [6, 6.07) is 8.14. The predicted molar refractivity (Wildman–Crippen MR) is 110 cm³/mol. The third kappa shape index (κ3) is 4.24. The largest absolute Gasteiger partial charge is 0.310 e. The number of aryl methyl sites for hydroxylation is 2. The first-order valence-corrected chi connectivity index (χ1v) is 10.2. The van der Waals surface area contributed by atoms with Crippen LogP contribution < -0.4 is 5.32 Å². The summed E-state index contributed by atoms with van der Waals surface area (Å²) in [7, 11) is 0. The van der Waals surface area contributed by atoms with Gasteiger partial charge in [-0.15, -0.1) is 5.10 Å². The molecule has 3 aromatic rings. The average molecular weight is 400 g/mol. The highest BCUT2D eigenvalue weighted by Crippen LogP contribution is 2.26. The van der Waals surface area contributed by atoms with Crippen molar-refractivity contribution in [3.63, 3.8) is 0 Å². The van der Waals surface area contributed by atoms with Gasteiger partial charge in [0.05, 0.1) is 23.2 Å². The number of aromatic nitrogens is 6. The van der Waals surface area contributed by atoms with Gasteiger partial charge in [-0.25, -0.2) is 4.68 Å². The molecule has 2 heterocycles. The van der Waals surface area contributed by atoms with E-state index in [1.807, 2.05) is 49.7 Å². The van der Waals surface area contributed by atoms with Crippen molar-refractivity contribution in [2.75, 3.05) is 5.32 Å². The zero-order chi connectivity index (χ0) is 20.3. The molecule has 3 rings (SSSR count). The molecule has 0 aliphatic carbocycles. The molecule has 9 heteroatoms. The van der Waals surface area contributed by atoms with E-state index >= 15 is 0 Å². The fourth-order valence-corrected chi connectivity index (χ4v) is 3.53. The summed E-state index contributed by atoms with van der Waals surface area (Å²) in [5.41, 5.74) is 3.10. The second kappa shape index (κ2) is 8.55. The predicted octanol–water partition coefficient (Wildman–Crippen LogP) is 3.57. The van der Waals surface area contributed by atoms with Gasteiger partial charge in [-0.05, 0) is 61.7 Å². The molecule has 148 valence electrons. The monoisotopic (exact) mass is 399 g/mol. The van der Waals surface area contributed by atoms with Crippen molar-refractivity contribution >= 4 is 23.5 Å². The second-order valence-electron chi connectivity index (χ2n) is 6.83. The number of hydrogen-bond donors (Lipinski definition) is 1. The number of rotatable bonds is 7. The second-order valence-corrected chi connectivity index (χ2v) is 8.14. The van der Waals surface area contributed by atoms with Crippen molar-refractivity contribution in [2.24, 2.45) is 0 Å². The minimum absolute atomic E-state index is 0.120. The molecule has 0 bridgehead atoms. The van der Waals surface area contributed by atoms with Crippen molar-refractivity contribution in [2.45, 2.75) is 57.5 Å². The van der Waals surface area contributed by atoms with Gasteiger partial charge in [0.15, 0.2) is 0 Å². The van der Waals surface area contributed by atoms with E-state index in [1.54, 1.807) is 10.9 Å². The van der Waals surface area contributed by atoms with Gasteiger partial charge in [0.25, 0.3) is 0 Å². The van der Waals surface area contributed by atoms with E-state index < -0.39 is 0 Å². The molecule has 0 unspecified atom stereocenters. The molecule has 0 fully saturated rings. The van der Waals surface area contributed by atoms with E-state index in [0.29, 0.717) is 11.0 Å². The maximum absolute atomic E-state index is 12.7. The van der Waals surface area contributed by atoms with Crippen LogP contribution in [-0.2, 0) is 4.79 Å². The fourth-order valence-electron chi connectivity index (χ4n) is 2.73. The van der Waals surface area contributed by atoms with E-state index in [9.17, 15) is 4.79 Å². The number of benzene rings is 1. The van der Waals surface area contributed by atoms with E-state index in [-0.39, 0.29) is 17.2 Å². The molecule has 8 nitrogen and oxygen atoms in total. The van der Waals surface area contributed by atoms with Crippen molar-refractivity contribution in [1.82, 2.24) is 30.0 Å². The van der Waals surface area contributed by atoms with Crippen LogP contribution in [0.25, 0.3) is 5.69 Å². The van der Waals surface area contributed by atoms with Crippen molar-refractivity contribution in [3.05, 3.63) is 41.6 Å². The van der Waals surface area contributed by atoms with Gasteiger partial charge in [0.2, 0.25) is 11.1 Å². The maximum Gasteiger partial charge on any atom is 0.238 e. The molecular formula is C19H25N7OS. The standard InChI is InChI=1S/C19H25N7OS/c1-6-14(4)25-17(9-10-20-25)21-18(27)15(5)28-19-22-23-24-26(19)16-11-12(2)7-8-13(16)3/h7-11,14-15H,6H2,1-5H3,(H,21,27)/t14-,15-/m1/s1. The number of nitrogens with zero attached hydrogens (tertiary/aromatic N) is 6. The smallest absolute Gasteiger partial charge is 0.238 e. The Morgan fingerprint density at radius 1 is 1.25 bits per heavy atom. The highest BCUT2D eigenvalue weighted by Gasteiger charge is 2.21. The Hall–Kier alpha value is -2.68. The van der Waals surface area contributed by atoms with E-state index in [1.165, 1.54) is 11.8 Å². The van der Waals surface area contributed by atoms with Crippen molar-refractivity contribution < 1.29 is 4.79 Å². The lowest BCUT2D eigenvalue weighted by Gasteiger charge is -2.16. The first-order chi connectivity index (χ1) is 13.4. The molecule has 0 saturated heterocycles. The third-order valence-electron chi connectivity index (χ3n) is 4.62. The van der Waals surface area contributed by atoms with Crippen LogP contribution >= 0.6 is 11.8 Å². The lowest BCUT2D eigenvalue weighted by molar-refractivity contribution is -0.115. The van der Waals surface area contributed by atoms with E-state index in [4.69, 9.17) is 0 Å². The van der Waals surface area contributed by atoms with Gasteiger partial charge in [-0.2, -0.15) is 9.78 Å². The Morgan fingerprint density at radius 3 is 2.79 bits per heavy atom. The van der Waals surface area contributed by atoms with Crippen LogP contribution in [0.4, 0.5) is 5.82 Å². The van der Waals surface area contributed by atoms with Gasteiger partial charge in [0.1, 0.15) is 5.82 Å². The number of carbonyl (C=O) groups excluding carboxylic acids is 1. The lowest BCUT2D eigenvalue weighted by atomic mass is 10.1. The number of hydrogen-bond acceptors (Lipinski definition) is 6. The van der Waals surface area contributed by atoms with Crippen LogP contribution in [0.1, 0.15) is 44.4 Å². The number of amides is 1. The summed E-state index contributed by atoms with van der Waals surface area (Å²) in [6.45, 7) is 10.0. The summed E-state index contributed by atoms with van der Waals surface area (Å²) in [6.07, 6.45) is 2.63. The van der Waals surface area contributed by atoms with Crippen LogP contribution in [0.3, 0.4) is 0 Å². The zero-order valence-corrected chi connectivity index (χ0v) is 17.6. The molecular weight excluding hydrogens is 374 g/mol. The lowest BCUT2D eigenvalue weighted by Crippen LogP contribution is -2.25. The van der Waals surface area contributed by atoms with Crippen LogP contribution in [0.15, 0.2) is 35.6 Å². The highest BCUT2D eigenvalue weighted by atomic mass is 32.2. The summed E-state index contributed by atoms with van der Waals surface area (Å²) in [5, 5.41) is 19.5. The third-order valence-corrected chi connectivity index (χ3v) is 5.65. The SMILES string of the molecule is CC[C@@H](C)n1nccc1NC(=O)[C@@H](C)Sc1nnnn1-c1cc(C)ccc1C. The first kappa shape index (κ1) is 20.1. The molecule has 1 N–H and O–H groups in total. The summed E-state index contributed by atoms with van der Waals surface area (Å²) < 4.78 is 3.51. The van der Waals surface area contributed by atoms with Gasteiger partial charge in [-0.1, -0.05) is 30.8 Å². The number of thioether (sulfide) groups is 1. The quantitative estimate of drug-likeness (QED) is 0.611. The number of carbonyl (C=O) groups is 1. The summed E-state index contributed by atoms with van der Waals surface area (Å²) >= 11 is 1.32. The van der Waals surface area contributed by atoms with Crippen molar-refractivity contribution in [1.29, 1.82) is 0 Å². The minimum Gasteiger partial charge on any atom is -0.310 e. The fraction of sp³-hybridized carbons (Fsp3) is 0.421. The Bertz CT molecular complexity index is 965. The van der Waals surface area contributed by atoms with Crippen LogP contribution in [0, 0.1) is 13.8 Å². The molecule has 28 heavy (non-hydrogen) atoms. The molecule has 0 saturated carbocycles. The maximum atomic E-state index is 12.7. The van der Waals surface area contributed by atoms with Gasteiger partial charge in [0, 0.05) is 6.07 Å². The molecule has 2 aromatic heterocycles. The van der Waals surface area contributed by atoms with Crippen LogP contribution in [-0.4, -0.2) is 41.1 Å².